The van der Waals surface area contributed by atoms with E-state index in [9.17, 15) is 37.0 Å². The number of aromatic nitrogens is 2. The van der Waals surface area contributed by atoms with Crippen LogP contribution in [0.1, 0.15) is 84.3 Å². The molecule has 1 aliphatic heterocycles. The molecule has 2 aliphatic carbocycles. The molecule has 4 aromatic rings. The van der Waals surface area contributed by atoms with E-state index in [1.807, 2.05) is 19.2 Å². The van der Waals surface area contributed by atoms with E-state index in [-0.39, 0.29) is 37.1 Å². The van der Waals surface area contributed by atoms with E-state index in [1.54, 1.807) is 52.1 Å². The number of pyridine rings is 1. The highest BCUT2D eigenvalue weighted by Gasteiger charge is 2.66. The van der Waals surface area contributed by atoms with Crippen molar-refractivity contribution in [3.63, 3.8) is 0 Å². The first-order chi connectivity index (χ1) is 30.6. The number of methoxy groups -OCH3 is 1. The summed E-state index contributed by atoms with van der Waals surface area (Å²) >= 11 is 1.42. The number of thiazole rings is 1. The maximum Gasteiger partial charge on any atom is 0.416 e. The largest absolute Gasteiger partial charge is 0.497 e. The lowest BCUT2D eigenvalue weighted by atomic mass is 9.85. The number of benzene rings is 2. The molecule has 0 spiro atoms. The van der Waals surface area contributed by atoms with Gasteiger partial charge in [-0.2, -0.15) is 13.2 Å². The van der Waals surface area contributed by atoms with E-state index in [0.29, 0.717) is 51.8 Å². The number of nitrogens with zero attached hydrogens (tertiary/aromatic N) is 3. The Labute approximate surface area is 380 Å². The van der Waals surface area contributed by atoms with Crippen LogP contribution in [0.15, 0.2) is 66.6 Å². The molecule has 3 fully saturated rings. The summed E-state index contributed by atoms with van der Waals surface area (Å²) < 4.78 is 72.3. The third-order valence-corrected chi connectivity index (χ3v) is 15.6. The van der Waals surface area contributed by atoms with Gasteiger partial charge in [0, 0.05) is 41.3 Å². The van der Waals surface area contributed by atoms with Gasteiger partial charge in [0.2, 0.25) is 19.2 Å². The van der Waals surface area contributed by atoms with Crippen molar-refractivity contribution in [1.82, 2.24) is 25.5 Å². The van der Waals surface area contributed by atoms with Crippen molar-refractivity contribution in [3.8, 4) is 22.9 Å². The van der Waals surface area contributed by atoms with E-state index < -0.39 is 78.0 Å². The zero-order valence-corrected chi connectivity index (χ0v) is 38.9. The van der Waals surface area contributed by atoms with Crippen LogP contribution in [0.25, 0.3) is 22.3 Å². The van der Waals surface area contributed by atoms with Gasteiger partial charge in [-0.1, -0.05) is 39.0 Å². The van der Waals surface area contributed by atoms with Crippen molar-refractivity contribution in [1.29, 1.82) is 0 Å². The van der Waals surface area contributed by atoms with Gasteiger partial charge in [0.15, 0.2) is 5.13 Å². The fourth-order valence-electron chi connectivity index (χ4n) is 8.59. The lowest BCUT2D eigenvalue weighted by Crippen LogP contribution is -2.58. The molecule has 0 bridgehead atoms. The Balaban J connectivity index is 1.21. The number of halogens is 3. The summed E-state index contributed by atoms with van der Waals surface area (Å²) in [6.45, 7) is 13.0. The highest BCUT2D eigenvalue weighted by molar-refractivity contribution is 7.59. The molecule has 1 unspecified atom stereocenters. The number of carbonyl (C=O) groups is 3. The second kappa shape index (κ2) is 18.6. The van der Waals surface area contributed by atoms with Gasteiger partial charge in [0.1, 0.15) is 46.8 Å². The molecule has 6 atom stereocenters. The Bertz CT molecular complexity index is 2470. The second-order valence-electron chi connectivity index (χ2n) is 18.5. The molecular weight excluding hydrogens is 885 g/mol. The number of likely N-dealkylation sites (tertiary alicyclic amines) is 1. The van der Waals surface area contributed by atoms with E-state index in [1.165, 1.54) is 22.3 Å². The molecule has 3 amide bonds. The number of fused-ring (bicyclic) bond motifs is 1. The molecule has 1 saturated heterocycles. The quantitative estimate of drug-likeness (QED) is 0.0659. The highest BCUT2D eigenvalue weighted by atomic mass is 32.1. The fourth-order valence-corrected chi connectivity index (χ4v) is 11.8. The van der Waals surface area contributed by atoms with Gasteiger partial charge < -0.3 is 40.0 Å². The number of alkyl carbamates (subject to hydrolysis) is 1. The van der Waals surface area contributed by atoms with Crippen LogP contribution in [0.2, 0.25) is 0 Å². The maximum absolute atomic E-state index is 14.9. The van der Waals surface area contributed by atoms with Crippen LogP contribution in [-0.4, -0.2) is 86.9 Å². The van der Waals surface area contributed by atoms with Gasteiger partial charge >= 0.3 is 12.3 Å². The number of nitrogens with one attached hydrogen (secondary N) is 3. The van der Waals surface area contributed by atoms with Gasteiger partial charge in [-0.25, -0.2) is 14.8 Å². The van der Waals surface area contributed by atoms with E-state index in [0.717, 1.165) is 37.1 Å². The normalized spacial score (nSPS) is 22.6. The predicted molar refractivity (Wildman–Crippen MR) is 242 cm³/mol. The summed E-state index contributed by atoms with van der Waals surface area (Å²) in [5, 5.41) is 10.4. The summed E-state index contributed by atoms with van der Waals surface area (Å²) in [5.41, 5.74) is 0.0358. The van der Waals surface area contributed by atoms with Crippen molar-refractivity contribution in [2.24, 2.45) is 11.3 Å². The average molecular weight is 941 g/mol. The number of rotatable bonds is 15. The molecule has 0 radical (unpaired) electrons. The van der Waals surface area contributed by atoms with E-state index in [4.69, 9.17) is 24.2 Å². The van der Waals surface area contributed by atoms with Crippen molar-refractivity contribution >= 4 is 52.6 Å². The summed E-state index contributed by atoms with van der Waals surface area (Å²) in [4.78, 5) is 65.6. The molecule has 2 saturated carbocycles. The van der Waals surface area contributed by atoms with Crippen LogP contribution in [0.5, 0.6) is 11.5 Å². The SMILES string of the molecule is C=C[C@@H]1C[C@]1(NC(=O)[C@@H]1C[C@@H](Oc2cc(-c3csc(NC(C)C)n3)nc3cc(OC)ccc23)CN1C(=O)[C@@H](NC(=O)OC1CCCC1)C(C)(C)C)P(=O)(O)Cc1ccc(C(F)(F)F)cc1. The minimum Gasteiger partial charge on any atom is -0.497 e. The number of hydrogen-bond acceptors (Lipinski definition) is 11. The van der Waals surface area contributed by atoms with Crippen LogP contribution in [0.3, 0.4) is 0 Å². The smallest absolute Gasteiger partial charge is 0.416 e. The molecule has 2 aromatic heterocycles. The molecule has 19 heteroatoms. The van der Waals surface area contributed by atoms with Crippen LogP contribution >= 0.6 is 18.7 Å². The van der Waals surface area contributed by atoms with Crippen molar-refractivity contribution in [3.05, 3.63) is 77.7 Å². The Morgan fingerprint density at radius 2 is 1.75 bits per heavy atom. The summed E-state index contributed by atoms with van der Waals surface area (Å²) in [6.07, 6.45) is -2.25. The van der Waals surface area contributed by atoms with Crippen molar-refractivity contribution in [2.75, 3.05) is 19.0 Å². The molecule has 14 nitrogen and oxygen atoms in total. The number of alkyl halides is 3. The first kappa shape index (κ1) is 47.8. The Morgan fingerprint density at radius 1 is 1.05 bits per heavy atom. The zero-order valence-electron chi connectivity index (χ0n) is 37.2. The molecule has 3 aliphatic rings. The summed E-state index contributed by atoms with van der Waals surface area (Å²) in [7, 11) is -2.87. The van der Waals surface area contributed by atoms with E-state index >= 15 is 0 Å². The number of hydrogen-bond donors (Lipinski definition) is 4. The molecular formula is C46H56F3N6O8PS. The Morgan fingerprint density at radius 3 is 2.37 bits per heavy atom. The molecule has 65 heavy (non-hydrogen) atoms. The number of ether oxygens (including phenoxy) is 3. The highest BCUT2D eigenvalue weighted by Crippen LogP contribution is 2.71. The first-order valence-corrected chi connectivity index (χ1v) is 24.4. The third-order valence-electron chi connectivity index (χ3n) is 12.2. The minimum absolute atomic E-state index is 0.0384. The van der Waals surface area contributed by atoms with Gasteiger partial charge in [-0.15, -0.1) is 17.9 Å². The molecule has 3 heterocycles. The lowest BCUT2D eigenvalue weighted by molar-refractivity contribution is -0.142. The first-order valence-electron chi connectivity index (χ1n) is 21.7. The number of anilines is 1. The van der Waals surface area contributed by atoms with Crippen molar-refractivity contribution < 1.29 is 51.2 Å². The second-order valence-corrected chi connectivity index (χ2v) is 21.9. The molecule has 350 valence electrons. The number of amides is 3. The lowest BCUT2D eigenvalue weighted by Gasteiger charge is -2.36. The summed E-state index contributed by atoms with van der Waals surface area (Å²) in [5.74, 6) is -1.03. The monoisotopic (exact) mass is 940 g/mol. The van der Waals surface area contributed by atoms with Crippen LogP contribution in [-0.2, 0) is 31.2 Å². The maximum atomic E-state index is 14.9. The van der Waals surface area contributed by atoms with Gasteiger partial charge in [0.05, 0.1) is 36.6 Å². The zero-order chi connectivity index (χ0) is 47.1. The predicted octanol–water partition coefficient (Wildman–Crippen LogP) is 9.13. The number of carbonyl (C=O) groups excluding carboxylic acids is 3. The molecule has 7 rings (SSSR count). The van der Waals surface area contributed by atoms with Crippen LogP contribution in [0, 0.1) is 11.3 Å². The minimum atomic E-state index is -4.60. The molecule has 4 N–H and O–H groups in total. The Hall–Kier alpha value is -5.19. The van der Waals surface area contributed by atoms with E-state index in [2.05, 4.69) is 22.5 Å². The van der Waals surface area contributed by atoms with Crippen molar-refractivity contribution in [2.45, 2.75) is 121 Å². The fraction of sp³-hybridized carbons (Fsp3) is 0.500. The summed E-state index contributed by atoms with van der Waals surface area (Å²) in [6, 6.07) is 8.76. The average Bonchev–Trinajstić information content (AvgIpc) is 3.63. The van der Waals surface area contributed by atoms with Crippen LogP contribution in [0.4, 0.5) is 23.1 Å². The molecule has 2 aromatic carbocycles. The third kappa shape index (κ3) is 10.6. The van der Waals surface area contributed by atoms with Gasteiger partial charge in [0.25, 0.3) is 0 Å². The Kier molecular flexibility index (Phi) is 13.7. The standard InChI is InChI=1S/C46H56F3N6O8PS/c1-8-28-22-45(28,64(59,60)24-27-13-15-29(16-14-27)46(47,48)49)54-40(56)37-20-32(23-55(37)41(57)39(44(4,5)6)53-43(58)63-30-11-9-10-12-30)62-38-21-35(36-25-65-42(52-36)50-26(2)3)51-34-19-31(61-7)17-18-33(34)38/h8,13-19,21,25-26,28,30,32,37,39H,1,9-12,20,22-24H2,2-7H3,(H,50,52)(H,53,58)(H,54,56)(H,59,60)/t28-,32-,37+,39-,45+/m1/s1. The topological polar surface area (TPSA) is 181 Å². The van der Waals surface area contributed by atoms with Gasteiger partial charge in [-0.3, -0.25) is 14.2 Å². The van der Waals surface area contributed by atoms with Crippen LogP contribution < -0.4 is 25.4 Å². The van der Waals surface area contributed by atoms with Gasteiger partial charge in [-0.05, 0) is 81.2 Å².